The number of nitrogens with one attached hydrogen (secondary N) is 1. The minimum Gasteiger partial charge on any atom is -0.352 e. The van der Waals surface area contributed by atoms with Crippen molar-refractivity contribution in [2.24, 2.45) is 5.73 Å². The average molecular weight is 246 g/mol. The molecular weight excluding hydrogens is 224 g/mol. The maximum absolute atomic E-state index is 12.1. The van der Waals surface area contributed by atoms with Crippen LogP contribution in [0.1, 0.15) is 50.1 Å². The lowest BCUT2D eigenvalue weighted by atomic mass is 10.1. The van der Waals surface area contributed by atoms with Crippen LogP contribution in [0.2, 0.25) is 0 Å². The van der Waals surface area contributed by atoms with Crippen LogP contribution < -0.4 is 11.1 Å². The topological polar surface area (TPSA) is 55.1 Å². The number of carbonyl (C=O) groups excluding carboxylic acids is 1. The van der Waals surface area contributed by atoms with Crippen molar-refractivity contribution in [3.8, 4) is 0 Å². The van der Waals surface area contributed by atoms with Crippen LogP contribution >= 0.6 is 0 Å². The normalized spacial score (nSPS) is 18.9. The van der Waals surface area contributed by atoms with Gasteiger partial charge in [-0.25, -0.2) is 0 Å². The van der Waals surface area contributed by atoms with Crippen molar-refractivity contribution in [3.05, 3.63) is 35.9 Å². The molecule has 1 saturated carbocycles. The molecule has 98 valence electrons. The molecule has 18 heavy (non-hydrogen) atoms. The van der Waals surface area contributed by atoms with Gasteiger partial charge in [0.05, 0.1) is 0 Å². The van der Waals surface area contributed by atoms with Crippen LogP contribution in [0.5, 0.6) is 0 Å². The number of hydrogen-bond acceptors (Lipinski definition) is 2. The van der Waals surface area contributed by atoms with E-state index in [2.05, 4.69) is 5.32 Å². The van der Waals surface area contributed by atoms with Gasteiger partial charge in [0.1, 0.15) is 6.04 Å². The lowest BCUT2D eigenvalue weighted by Crippen LogP contribution is -2.40. The second-order valence-corrected chi connectivity index (χ2v) is 5.09. The standard InChI is InChI=1S/C15H22N2O/c16-14(12-8-4-3-5-9-12)15(18)17-13-10-6-1-2-7-11-13/h3-5,8-9,13-14H,1-2,6-7,10-11,16H2,(H,17,18)/t14-/m0/s1. The highest BCUT2D eigenvalue weighted by Gasteiger charge is 2.20. The number of nitrogens with two attached hydrogens (primary N) is 1. The van der Waals surface area contributed by atoms with Crippen molar-refractivity contribution >= 4 is 5.91 Å². The summed E-state index contributed by atoms with van der Waals surface area (Å²) < 4.78 is 0. The fourth-order valence-electron chi connectivity index (χ4n) is 2.53. The Labute approximate surface area is 109 Å². The molecule has 0 aliphatic heterocycles. The van der Waals surface area contributed by atoms with Crippen LogP contribution in [-0.4, -0.2) is 11.9 Å². The summed E-state index contributed by atoms with van der Waals surface area (Å²) in [7, 11) is 0. The summed E-state index contributed by atoms with van der Waals surface area (Å²) in [6.07, 6.45) is 7.19. The Morgan fingerprint density at radius 2 is 1.72 bits per heavy atom. The Hall–Kier alpha value is -1.35. The summed E-state index contributed by atoms with van der Waals surface area (Å²) in [5, 5.41) is 3.09. The second-order valence-electron chi connectivity index (χ2n) is 5.09. The lowest BCUT2D eigenvalue weighted by molar-refractivity contribution is -0.123. The number of benzene rings is 1. The van der Waals surface area contributed by atoms with Crippen LogP contribution in [0.4, 0.5) is 0 Å². The molecule has 2 rings (SSSR count). The first-order valence-electron chi connectivity index (χ1n) is 6.88. The van der Waals surface area contributed by atoms with Gasteiger partial charge in [-0.15, -0.1) is 0 Å². The SMILES string of the molecule is N[C@H](C(=O)NC1CCCCCC1)c1ccccc1. The molecule has 1 aliphatic carbocycles. The molecule has 1 aliphatic rings. The van der Waals surface area contributed by atoms with E-state index in [1.807, 2.05) is 30.3 Å². The van der Waals surface area contributed by atoms with Gasteiger partial charge in [0.25, 0.3) is 0 Å². The van der Waals surface area contributed by atoms with Crippen molar-refractivity contribution in [2.45, 2.75) is 50.6 Å². The van der Waals surface area contributed by atoms with Crippen molar-refractivity contribution in [2.75, 3.05) is 0 Å². The molecule has 0 saturated heterocycles. The monoisotopic (exact) mass is 246 g/mol. The van der Waals surface area contributed by atoms with Crippen LogP contribution in [-0.2, 0) is 4.79 Å². The molecule has 3 nitrogen and oxygen atoms in total. The Morgan fingerprint density at radius 3 is 2.33 bits per heavy atom. The summed E-state index contributed by atoms with van der Waals surface area (Å²) in [6, 6.07) is 9.32. The maximum atomic E-state index is 12.1. The van der Waals surface area contributed by atoms with Gasteiger partial charge < -0.3 is 11.1 Å². The molecule has 0 radical (unpaired) electrons. The third kappa shape index (κ3) is 3.57. The third-order valence-corrected chi connectivity index (χ3v) is 3.64. The van der Waals surface area contributed by atoms with Crippen LogP contribution in [0.15, 0.2) is 30.3 Å². The second kappa shape index (κ2) is 6.55. The molecule has 1 amide bonds. The Bertz CT molecular complexity index is 369. The van der Waals surface area contributed by atoms with Gasteiger partial charge in [0.2, 0.25) is 5.91 Å². The number of carbonyl (C=O) groups is 1. The Balaban J connectivity index is 1.90. The largest absolute Gasteiger partial charge is 0.352 e. The van der Waals surface area contributed by atoms with Gasteiger partial charge in [-0.1, -0.05) is 56.0 Å². The van der Waals surface area contributed by atoms with Crippen LogP contribution in [0.25, 0.3) is 0 Å². The van der Waals surface area contributed by atoms with E-state index in [4.69, 9.17) is 5.73 Å². The van der Waals surface area contributed by atoms with Crippen molar-refractivity contribution in [3.63, 3.8) is 0 Å². The molecule has 1 aromatic rings. The first-order valence-corrected chi connectivity index (χ1v) is 6.88. The van der Waals surface area contributed by atoms with Gasteiger partial charge in [-0.05, 0) is 18.4 Å². The zero-order valence-corrected chi connectivity index (χ0v) is 10.8. The minimum atomic E-state index is -0.547. The van der Waals surface area contributed by atoms with Gasteiger partial charge in [-0.3, -0.25) is 4.79 Å². The summed E-state index contributed by atoms with van der Waals surface area (Å²) in [5.41, 5.74) is 6.86. The number of rotatable bonds is 3. The first-order chi connectivity index (χ1) is 8.77. The van der Waals surface area contributed by atoms with E-state index in [1.165, 1.54) is 25.7 Å². The van der Waals surface area contributed by atoms with Crippen LogP contribution in [0, 0.1) is 0 Å². The van der Waals surface area contributed by atoms with E-state index in [1.54, 1.807) is 0 Å². The quantitative estimate of drug-likeness (QED) is 0.805. The molecule has 0 spiro atoms. The first kappa shape index (κ1) is 13.1. The summed E-state index contributed by atoms with van der Waals surface area (Å²) >= 11 is 0. The highest BCUT2D eigenvalue weighted by atomic mass is 16.2. The Kier molecular flexibility index (Phi) is 4.76. The predicted molar refractivity (Wildman–Crippen MR) is 73.0 cm³/mol. The number of hydrogen-bond donors (Lipinski definition) is 2. The van der Waals surface area contributed by atoms with Gasteiger partial charge >= 0.3 is 0 Å². The highest BCUT2D eigenvalue weighted by Crippen LogP contribution is 2.18. The summed E-state index contributed by atoms with van der Waals surface area (Å²) in [4.78, 5) is 12.1. The molecule has 0 aromatic heterocycles. The molecule has 0 unspecified atom stereocenters. The van der Waals surface area contributed by atoms with Gasteiger partial charge in [-0.2, -0.15) is 0 Å². The van der Waals surface area contributed by atoms with E-state index in [0.29, 0.717) is 6.04 Å². The van der Waals surface area contributed by atoms with E-state index >= 15 is 0 Å². The fraction of sp³-hybridized carbons (Fsp3) is 0.533. The molecule has 1 fully saturated rings. The van der Waals surface area contributed by atoms with E-state index in [9.17, 15) is 4.79 Å². The van der Waals surface area contributed by atoms with E-state index in [0.717, 1.165) is 18.4 Å². The average Bonchev–Trinajstić information content (AvgIpc) is 2.67. The van der Waals surface area contributed by atoms with Gasteiger partial charge in [0, 0.05) is 6.04 Å². The molecule has 0 bridgehead atoms. The third-order valence-electron chi connectivity index (χ3n) is 3.64. The van der Waals surface area contributed by atoms with Crippen molar-refractivity contribution < 1.29 is 4.79 Å². The minimum absolute atomic E-state index is 0.0481. The van der Waals surface area contributed by atoms with Crippen molar-refractivity contribution in [1.82, 2.24) is 5.32 Å². The molecule has 3 heteroatoms. The molecule has 1 atom stereocenters. The van der Waals surface area contributed by atoms with Gasteiger partial charge in [0.15, 0.2) is 0 Å². The highest BCUT2D eigenvalue weighted by molar-refractivity contribution is 5.83. The predicted octanol–water partition coefficient (Wildman–Crippen LogP) is 2.53. The fourth-order valence-corrected chi connectivity index (χ4v) is 2.53. The zero-order chi connectivity index (χ0) is 12.8. The van der Waals surface area contributed by atoms with Crippen molar-refractivity contribution in [1.29, 1.82) is 0 Å². The van der Waals surface area contributed by atoms with Crippen LogP contribution in [0.3, 0.4) is 0 Å². The zero-order valence-electron chi connectivity index (χ0n) is 10.8. The smallest absolute Gasteiger partial charge is 0.241 e. The number of amides is 1. The Morgan fingerprint density at radius 1 is 1.11 bits per heavy atom. The maximum Gasteiger partial charge on any atom is 0.241 e. The molecule has 3 N–H and O–H groups in total. The summed E-state index contributed by atoms with van der Waals surface area (Å²) in [5.74, 6) is -0.0481. The van der Waals surface area contributed by atoms with E-state index < -0.39 is 6.04 Å². The molecule has 1 aromatic carbocycles. The van der Waals surface area contributed by atoms with E-state index in [-0.39, 0.29) is 5.91 Å². The lowest BCUT2D eigenvalue weighted by Gasteiger charge is -2.19. The summed E-state index contributed by atoms with van der Waals surface area (Å²) in [6.45, 7) is 0. The molecular formula is C15H22N2O. The molecule has 0 heterocycles.